The number of hydrogen-bond acceptors (Lipinski definition) is 4. The second-order valence-corrected chi connectivity index (χ2v) is 9.77. The van der Waals surface area contributed by atoms with Gasteiger partial charge in [-0.05, 0) is 26.3 Å². The first-order valence-corrected chi connectivity index (χ1v) is 9.81. The van der Waals surface area contributed by atoms with Crippen LogP contribution in [0.2, 0.25) is 0 Å². The van der Waals surface area contributed by atoms with Crippen LogP contribution in [0, 0.1) is 11.8 Å². The standard InChI is InChI=1S/C19H32O4S/c1-14(11-23-12-16-9-7-6-8-10-16)18(21)15(2)17(20)13-24(22)19(3,4)5/h6-10,14-15,17-18,20-21H,11-13H2,1-5H3/t14?,15-,17+,18-,24?/m0/s1. The van der Waals surface area contributed by atoms with Crippen molar-refractivity contribution in [3.8, 4) is 0 Å². The van der Waals surface area contributed by atoms with Gasteiger partial charge in [-0.1, -0.05) is 44.2 Å². The van der Waals surface area contributed by atoms with E-state index in [2.05, 4.69) is 0 Å². The third-order valence-electron chi connectivity index (χ3n) is 4.23. The fourth-order valence-corrected chi connectivity index (χ4v) is 3.45. The molecule has 2 unspecified atom stereocenters. The van der Waals surface area contributed by atoms with Gasteiger partial charge in [-0.3, -0.25) is 4.21 Å². The molecule has 0 spiro atoms. The van der Waals surface area contributed by atoms with E-state index in [1.54, 1.807) is 6.92 Å². The van der Waals surface area contributed by atoms with E-state index in [0.29, 0.717) is 13.2 Å². The molecule has 0 bridgehead atoms. The van der Waals surface area contributed by atoms with Crippen LogP contribution in [0.25, 0.3) is 0 Å². The number of aliphatic hydroxyl groups excluding tert-OH is 2. The molecule has 5 heteroatoms. The summed E-state index contributed by atoms with van der Waals surface area (Å²) in [4.78, 5) is 0. The Labute approximate surface area is 148 Å². The Morgan fingerprint density at radius 3 is 2.25 bits per heavy atom. The van der Waals surface area contributed by atoms with Crippen LogP contribution >= 0.6 is 0 Å². The van der Waals surface area contributed by atoms with E-state index in [9.17, 15) is 14.4 Å². The third kappa shape index (κ3) is 7.01. The molecule has 0 aliphatic rings. The van der Waals surface area contributed by atoms with Crippen LogP contribution in [0.4, 0.5) is 0 Å². The monoisotopic (exact) mass is 356 g/mol. The Morgan fingerprint density at radius 1 is 1.12 bits per heavy atom. The average Bonchev–Trinajstić information content (AvgIpc) is 2.53. The molecule has 1 aromatic rings. The smallest absolute Gasteiger partial charge is 0.0717 e. The van der Waals surface area contributed by atoms with Crippen molar-refractivity contribution in [1.82, 2.24) is 0 Å². The Kier molecular flexibility index (Phi) is 8.57. The van der Waals surface area contributed by atoms with Crippen molar-refractivity contribution in [1.29, 1.82) is 0 Å². The van der Waals surface area contributed by atoms with Gasteiger partial charge in [0.05, 0.1) is 31.2 Å². The predicted molar refractivity (Wildman–Crippen MR) is 99.2 cm³/mol. The topological polar surface area (TPSA) is 66.8 Å². The first-order valence-electron chi connectivity index (χ1n) is 8.49. The lowest BCUT2D eigenvalue weighted by Gasteiger charge is -2.29. The minimum atomic E-state index is -1.14. The van der Waals surface area contributed by atoms with Crippen LogP contribution < -0.4 is 0 Å². The lowest BCUT2D eigenvalue weighted by atomic mass is 9.90. The number of hydrogen-bond donors (Lipinski definition) is 2. The Balaban J connectivity index is 2.43. The molecule has 0 radical (unpaired) electrons. The molecule has 1 rings (SSSR count). The van der Waals surface area contributed by atoms with Crippen molar-refractivity contribution in [2.75, 3.05) is 12.4 Å². The van der Waals surface area contributed by atoms with E-state index in [4.69, 9.17) is 4.74 Å². The van der Waals surface area contributed by atoms with Crippen molar-refractivity contribution in [3.05, 3.63) is 35.9 Å². The summed E-state index contributed by atoms with van der Waals surface area (Å²) in [5.74, 6) is -0.285. The van der Waals surface area contributed by atoms with Gasteiger partial charge in [0.15, 0.2) is 0 Å². The molecule has 24 heavy (non-hydrogen) atoms. The normalized spacial score (nSPS) is 18.6. The van der Waals surface area contributed by atoms with Gasteiger partial charge in [0.2, 0.25) is 0 Å². The van der Waals surface area contributed by atoms with Crippen LogP contribution in [0.1, 0.15) is 40.2 Å². The van der Waals surface area contributed by atoms with Crippen molar-refractivity contribution >= 4 is 10.8 Å². The fourth-order valence-electron chi connectivity index (χ4n) is 2.34. The van der Waals surface area contributed by atoms with Gasteiger partial charge in [-0.2, -0.15) is 0 Å². The van der Waals surface area contributed by atoms with E-state index >= 15 is 0 Å². The second-order valence-electron chi connectivity index (χ2n) is 7.52. The summed E-state index contributed by atoms with van der Waals surface area (Å²) in [6.45, 7) is 10.3. The summed E-state index contributed by atoms with van der Waals surface area (Å²) >= 11 is 0. The second kappa shape index (κ2) is 9.66. The molecule has 0 heterocycles. The highest BCUT2D eigenvalue weighted by Crippen LogP contribution is 2.21. The summed E-state index contributed by atoms with van der Waals surface area (Å²) in [5.41, 5.74) is 1.09. The number of benzene rings is 1. The number of aliphatic hydroxyl groups is 2. The highest BCUT2D eigenvalue weighted by molar-refractivity contribution is 7.86. The largest absolute Gasteiger partial charge is 0.392 e. The minimum absolute atomic E-state index is 0.110. The van der Waals surface area contributed by atoms with Crippen LogP contribution in [0.3, 0.4) is 0 Å². The van der Waals surface area contributed by atoms with E-state index in [1.165, 1.54) is 0 Å². The number of ether oxygens (including phenoxy) is 1. The van der Waals surface area contributed by atoms with Crippen LogP contribution in [0.5, 0.6) is 0 Å². The zero-order valence-electron chi connectivity index (χ0n) is 15.4. The molecular formula is C19H32O4S. The molecule has 0 aliphatic carbocycles. The SMILES string of the molecule is CC(COCc1ccccc1)[C@H](O)[C@@H](C)[C@H](O)CS(=O)C(C)(C)C. The summed E-state index contributed by atoms with van der Waals surface area (Å²) in [6.07, 6.45) is -1.50. The lowest BCUT2D eigenvalue weighted by Crippen LogP contribution is -2.40. The molecule has 1 aromatic carbocycles. The lowest BCUT2D eigenvalue weighted by molar-refractivity contribution is -0.0285. The highest BCUT2D eigenvalue weighted by atomic mass is 32.2. The maximum Gasteiger partial charge on any atom is 0.0717 e. The van der Waals surface area contributed by atoms with E-state index in [1.807, 2.05) is 58.0 Å². The van der Waals surface area contributed by atoms with Gasteiger partial charge < -0.3 is 14.9 Å². The van der Waals surface area contributed by atoms with Gasteiger partial charge in [0.1, 0.15) is 0 Å². The van der Waals surface area contributed by atoms with Gasteiger partial charge in [0, 0.05) is 27.4 Å². The zero-order chi connectivity index (χ0) is 18.3. The van der Waals surface area contributed by atoms with Crippen molar-refractivity contribution in [2.24, 2.45) is 11.8 Å². The van der Waals surface area contributed by atoms with Gasteiger partial charge in [-0.15, -0.1) is 0 Å². The Bertz CT molecular complexity index is 498. The molecule has 0 aromatic heterocycles. The maximum atomic E-state index is 12.1. The maximum absolute atomic E-state index is 12.1. The molecule has 5 atom stereocenters. The summed E-state index contributed by atoms with van der Waals surface area (Å²) in [7, 11) is -1.14. The first kappa shape index (κ1) is 21.3. The molecule has 138 valence electrons. The Hall–Kier alpha value is -0.750. The van der Waals surface area contributed by atoms with Crippen LogP contribution in [-0.2, 0) is 22.1 Å². The van der Waals surface area contributed by atoms with Crippen LogP contribution in [-0.4, -0.2) is 43.7 Å². The van der Waals surface area contributed by atoms with E-state index in [-0.39, 0.29) is 22.3 Å². The van der Waals surface area contributed by atoms with Crippen molar-refractivity contribution < 1.29 is 19.2 Å². The average molecular weight is 357 g/mol. The highest BCUT2D eigenvalue weighted by Gasteiger charge is 2.30. The molecular weight excluding hydrogens is 324 g/mol. The first-order chi connectivity index (χ1) is 11.1. The number of rotatable bonds is 9. The van der Waals surface area contributed by atoms with Crippen molar-refractivity contribution in [2.45, 2.75) is 58.2 Å². The summed E-state index contributed by atoms with van der Waals surface area (Å²) in [5, 5.41) is 20.7. The van der Waals surface area contributed by atoms with Gasteiger partial charge in [0.25, 0.3) is 0 Å². The molecule has 4 nitrogen and oxygen atoms in total. The summed E-state index contributed by atoms with van der Waals surface area (Å²) in [6, 6.07) is 9.88. The Morgan fingerprint density at radius 2 is 1.71 bits per heavy atom. The van der Waals surface area contributed by atoms with Gasteiger partial charge >= 0.3 is 0 Å². The van der Waals surface area contributed by atoms with E-state index < -0.39 is 23.0 Å². The molecule has 0 aliphatic heterocycles. The fraction of sp³-hybridized carbons (Fsp3) is 0.684. The molecule has 2 N–H and O–H groups in total. The van der Waals surface area contributed by atoms with Crippen LogP contribution in [0.15, 0.2) is 30.3 Å². The van der Waals surface area contributed by atoms with E-state index in [0.717, 1.165) is 5.56 Å². The molecule has 0 saturated carbocycles. The predicted octanol–water partition coefficient (Wildman–Crippen LogP) is 2.74. The van der Waals surface area contributed by atoms with Crippen molar-refractivity contribution in [3.63, 3.8) is 0 Å². The third-order valence-corrected chi connectivity index (χ3v) is 6.24. The molecule has 0 saturated heterocycles. The minimum Gasteiger partial charge on any atom is -0.392 e. The zero-order valence-corrected chi connectivity index (χ0v) is 16.3. The quantitative estimate of drug-likeness (QED) is 0.714. The van der Waals surface area contributed by atoms with Gasteiger partial charge in [-0.25, -0.2) is 0 Å². The summed E-state index contributed by atoms with van der Waals surface area (Å²) < 4.78 is 17.4. The molecule has 0 amide bonds. The molecule has 0 fully saturated rings.